The van der Waals surface area contributed by atoms with Gasteiger partial charge in [0.1, 0.15) is 0 Å². The van der Waals surface area contributed by atoms with E-state index in [4.69, 9.17) is 0 Å². The summed E-state index contributed by atoms with van der Waals surface area (Å²) in [4.78, 5) is 6.91. The number of nitrogens with zero attached hydrogens (tertiary/aromatic N) is 3. The molecule has 0 N–H and O–H groups in total. The fourth-order valence-electron chi connectivity index (χ4n) is 4.06. The molecule has 2 aromatic heterocycles. The number of rotatable bonds is 3. The van der Waals surface area contributed by atoms with Crippen molar-refractivity contribution in [3.8, 4) is 0 Å². The van der Waals surface area contributed by atoms with Gasteiger partial charge in [0.15, 0.2) is 0 Å². The van der Waals surface area contributed by atoms with Gasteiger partial charge in [0.25, 0.3) is 0 Å². The van der Waals surface area contributed by atoms with Crippen LogP contribution in [0.25, 0.3) is 10.9 Å². The highest BCUT2D eigenvalue weighted by Gasteiger charge is 2.20. The summed E-state index contributed by atoms with van der Waals surface area (Å²) in [6.07, 6.45) is 5.48. The first-order valence-corrected chi connectivity index (χ1v) is 9.32. The fourth-order valence-corrected chi connectivity index (χ4v) is 4.06. The molecule has 4 rings (SSSR count). The molecule has 1 aliphatic rings. The summed E-state index contributed by atoms with van der Waals surface area (Å²) < 4.78 is 2.57. The molecule has 130 valence electrons. The topological polar surface area (TPSA) is 21.1 Å². The van der Waals surface area contributed by atoms with Gasteiger partial charge in [-0.05, 0) is 76.0 Å². The lowest BCUT2D eigenvalue weighted by molar-refractivity contribution is 0.333. The van der Waals surface area contributed by atoms with Crippen LogP contribution >= 0.6 is 0 Å². The van der Waals surface area contributed by atoms with Crippen molar-refractivity contribution in [3.05, 3.63) is 64.6 Å². The maximum Gasteiger partial charge on any atom is 0.0486 e. The van der Waals surface area contributed by atoms with E-state index in [9.17, 15) is 0 Å². The van der Waals surface area contributed by atoms with Gasteiger partial charge in [0.05, 0.1) is 0 Å². The second kappa shape index (κ2) is 6.64. The monoisotopic (exact) mass is 333 g/mol. The van der Waals surface area contributed by atoms with Crippen LogP contribution in [-0.2, 0) is 25.9 Å². The molecule has 3 aromatic rings. The summed E-state index contributed by atoms with van der Waals surface area (Å²) in [5.74, 6) is 0. The largest absolute Gasteiger partial charge is 0.344 e. The van der Waals surface area contributed by atoms with Gasteiger partial charge in [-0.25, -0.2) is 0 Å². The molecule has 1 aromatic carbocycles. The van der Waals surface area contributed by atoms with Gasteiger partial charge in [-0.15, -0.1) is 0 Å². The molecule has 0 aliphatic carbocycles. The molecular weight excluding hydrogens is 306 g/mol. The van der Waals surface area contributed by atoms with E-state index in [0.29, 0.717) is 0 Å². The Kier molecular flexibility index (Phi) is 4.34. The van der Waals surface area contributed by atoms with Crippen molar-refractivity contribution in [2.75, 3.05) is 13.6 Å². The summed E-state index contributed by atoms with van der Waals surface area (Å²) >= 11 is 0. The van der Waals surface area contributed by atoms with Crippen molar-refractivity contribution in [1.29, 1.82) is 0 Å². The third-order valence-corrected chi connectivity index (χ3v) is 5.42. The van der Waals surface area contributed by atoms with E-state index in [1.165, 1.54) is 41.4 Å². The molecule has 3 heteroatoms. The zero-order valence-electron chi connectivity index (χ0n) is 15.5. The Morgan fingerprint density at radius 2 is 2.00 bits per heavy atom. The molecule has 0 amide bonds. The zero-order chi connectivity index (χ0) is 17.4. The Labute approximate surface area is 150 Å². The minimum Gasteiger partial charge on any atom is -0.344 e. The molecule has 1 aliphatic heterocycles. The Bertz CT molecular complexity index is 890. The lowest BCUT2D eigenvalue weighted by atomic mass is 10.1. The summed E-state index contributed by atoms with van der Waals surface area (Å²) in [6, 6.07) is 11.3. The summed E-state index contributed by atoms with van der Waals surface area (Å²) in [7, 11) is 2.24. The number of hydrogen-bond acceptors (Lipinski definition) is 2. The van der Waals surface area contributed by atoms with Gasteiger partial charge in [0.2, 0.25) is 0 Å². The first-order chi connectivity index (χ1) is 12.1. The molecule has 0 fully saturated rings. The van der Waals surface area contributed by atoms with Crippen LogP contribution in [0.4, 0.5) is 0 Å². The molecule has 0 spiro atoms. The summed E-state index contributed by atoms with van der Waals surface area (Å²) in [5, 5.41) is 1.45. The van der Waals surface area contributed by atoms with E-state index in [1.807, 2.05) is 13.1 Å². The van der Waals surface area contributed by atoms with E-state index in [-0.39, 0.29) is 0 Å². The highest BCUT2D eigenvalue weighted by atomic mass is 15.1. The lowest BCUT2D eigenvalue weighted by Gasteiger charge is -2.12. The summed E-state index contributed by atoms with van der Waals surface area (Å²) in [5.41, 5.74) is 8.24. The standard InChI is InChI=1S/C22H27N3/c1-16-6-9-22-19(13-16)20-15-24(3)11-4-5-21(20)25(22)12-10-18-8-7-17(2)23-14-18/h6-9,13-14H,4-5,10-12,15H2,1-3H3. The van der Waals surface area contributed by atoms with Gasteiger partial charge in [0, 0.05) is 41.6 Å². The minimum atomic E-state index is 1.03. The fraction of sp³-hybridized carbons (Fsp3) is 0.409. The Morgan fingerprint density at radius 1 is 1.12 bits per heavy atom. The molecular formula is C22H27N3. The van der Waals surface area contributed by atoms with Gasteiger partial charge in [-0.2, -0.15) is 0 Å². The molecule has 0 saturated carbocycles. The van der Waals surface area contributed by atoms with Crippen LogP contribution in [0.2, 0.25) is 0 Å². The third kappa shape index (κ3) is 3.21. The number of aryl methyl sites for hydroxylation is 4. The Hall–Kier alpha value is -2.13. The maximum absolute atomic E-state index is 4.45. The summed E-state index contributed by atoms with van der Waals surface area (Å²) in [6.45, 7) is 7.52. The number of benzene rings is 1. The van der Waals surface area contributed by atoms with Crippen molar-refractivity contribution in [2.45, 2.75) is 46.2 Å². The average Bonchev–Trinajstić information content (AvgIpc) is 2.74. The number of pyridine rings is 1. The lowest BCUT2D eigenvalue weighted by Crippen LogP contribution is -2.17. The SMILES string of the molecule is Cc1ccc2c(c1)c1c(n2CCc2ccc(C)nc2)CCCN(C)C1. The highest BCUT2D eigenvalue weighted by Crippen LogP contribution is 2.31. The van der Waals surface area contributed by atoms with Crippen LogP contribution in [0.1, 0.15) is 34.5 Å². The van der Waals surface area contributed by atoms with Gasteiger partial charge >= 0.3 is 0 Å². The molecule has 0 atom stereocenters. The third-order valence-electron chi connectivity index (χ3n) is 5.42. The quantitative estimate of drug-likeness (QED) is 0.713. The molecule has 0 saturated heterocycles. The zero-order valence-corrected chi connectivity index (χ0v) is 15.5. The van der Waals surface area contributed by atoms with Crippen molar-refractivity contribution < 1.29 is 0 Å². The predicted octanol–water partition coefficient (Wildman–Crippen LogP) is 4.27. The first-order valence-electron chi connectivity index (χ1n) is 9.32. The molecule has 25 heavy (non-hydrogen) atoms. The second-order valence-corrected chi connectivity index (χ2v) is 7.50. The van der Waals surface area contributed by atoms with Gasteiger partial charge in [-0.3, -0.25) is 4.98 Å². The highest BCUT2D eigenvalue weighted by molar-refractivity contribution is 5.86. The average molecular weight is 333 g/mol. The van der Waals surface area contributed by atoms with Crippen LogP contribution in [0.3, 0.4) is 0 Å². The Morgan fingerprint density at radius 3 is 2.80 bits per heavy atom. The van der Waals surface area contributed by atoms with Crippen molar-refractivity contribution in [2.24, 2.45) is 0 Å². The molecule has 3 heterocycles. The van der Waals surface area contributed by atoms with Crippen LogP contribution in [0.15, 0.2) is 36.5 Å². The van der Waals surface area contributed by atoms with E-state index in [0.717, 1.165) is 25.2 Å². The maximum atomic E-state index is 4.45. The Balaban J connectivity index is 1.74. The smallest absolute Gasteiger partial charge is 0.0486 e. The molecule has 0 radical (unpaired) electrons. The minimum absolute atomic E-state index is 1.03. The van der Waals surface area contributed by atoms with E-state index < -0.39 is 0 Å². The second-order valence-electron chi connectivity index (χ2n) is 7.50. The number of fused-ring (bicyclic) bond motifs is 3. The first kappa shape index (κ1) is 16.3. The molecule has 3 nitrogen and oxygen atoms in total. The van der Waals surface area contributed by atoms with E-state index in [1.54, 1.807) is 11.3 Å². The predicted molar refractivity (Wildman–Crippen MR) is 104 cm³/mol. The van der Waals surface area contributed by atoms with Crippen LogP contribution in [0, 0.1) is 13.8 Å². The van der Waals surface area contributed by atoms with Crippen LogP contribution in [-0.4, -0.2) is 28.0 Å². The van der Waals surface area contributed by atoms with E-state index >= 15 is 0 Å². The van der Waals surface area contributed by atoms with Gasteiger partial charge < -0.3 is 9.47 Å². The number of aromatic nitrogens is 2. The van der Waals surface area contributed by atoms with E-state index in [2.05, 4.69) is 58.8 Å². The normalized spacial score (nSPS) is 15.3. The van der Waals surface area contributed by atoms with Crippen LogP contribution in [0.5, 0.6) is 0 Å². The van der Waals surface area contributed by atoms with Crippen molar-refractivity contribution >= 4 is 10.9 Å². The molecule has 0 bridgehead atoms. The van der Waals surface area contributed by atoms with Gasteiger partial charge in [-0.1, -0.05) is 17.7 Å². The molecule has 0 unspecified atom stereocenters. The number of hydrogen-bond donors (Lipinski definition) is 0. The van der Waals surface area contributed by atoms with Crippen molar-refractivity contribution in [3.63, 3.8) is 0 Å². The van der Waals surface area contributed by atoms with Crippen LogP contribution < -0.4 is 0 Å². The van der Waals surface area contributed by atoms with Crippen molar-refractivity contribution in [1.82, 2.24) is 14.5 Å².